The van der Waals surface area contributed by atoms with Crippen LogP contribution in [0.2, 0.25) is 0 Å². The Balaban J connectivity index is 3.94. The van der Waals surface area contributed by atoms with Gasteiger partial charge in [-0.1, -0.05) is 20.8 Å². The fraction of sp³-hybridized carbons (Fsp3) is 0.875. The van der Waals surface area contributed by atoms with Crippen molar-refractivity contribution >= 4 is 5.78 Å². The van der Waals surface area contributed by atoms with E-state index in [1.54, 1.807) is 6.92 Å². The number of rotatable bonds is 3. The normalized spacial score (nSPS) is 17.0. The van der Waals surface area contributed by atoms with E-state index in [9.17, 15) is 4.79 Å². The van der Waals surface area contributed by atoms with E-state index in [-0.39, 0.29) is 17.7 Å². The molecule has 0 saturated heterocycles. The van der Waals surface area contributed by atoms with Gasteiger partial charge in [-0.2, -0.15) is 0 Å². The average Bonchev–Trinajstić information content (AvgIpc) is 1.84. The molecule has 0 aliphatic carbocycles. The molecule has 0 heterocycles. The van der Waals surface area contributed by atoms with Gasteiger partial charge in [-0.25, -0.2) is 0 Å². The summed E-state index contributed by atoms with van der Waals surface area (Å²) in [6.07, 6.45) is 0. The summed E-state index contributed by atoms with van der Waals surface area (Å²) in [6, 6.07) is -0.278. The van der Waals surface area contributed by atoms with E-state index in [1.165, 1.54) is 0 Å². The molecule has 10 heavy (non-hydrogen) atoms. The Hall–Kier alpha value is -0.370. The first kappa shape index (κ1) is 9.63. The lowest BCUT2D eigenvalue weighted by atomic mass is 9.89. The van der Waals surface area contributed by atoms with E-state index in [2.05, 4.69) is 13.8 Å². The Morgan fingerprint density at radius 2 is 1.70 bits per heavy atom. The van der Waals surface area contributed by atoms with Crippen LogP contribution in [0.15, 0.2) is 0 Å². The van der Waals surface area contributed by atoms with E-state index in [4.69, 9.17) is 5.73 Å². The van der Waals surface area contributed by atoms with Crippen LogP contribution in [0, 0.1) is 11.8 Å². The van der Waals surface area contributed by atoms with Gasteiger partial charge in [0.2, 0.25) is 0 Å². The number of carbonyl (C=O) groups is 1. The Kier molecular flexibility index (Phi) is 3.58. The van der Waals surface area contributed by atoms with Gasteiger partial charge in [0.15, 0.2) is 0 Å². The maximum absolute atomic E-state index is 10.8. The zero-order valence-corrected chi connectivity index (χ0v) is 7.22. The van der Waals surface area contributed by atoms with Gasteiger partial charge in [0.1, 0.15) is 5.78 Å². The number of hydrogen-bond donors (Lipinski definition) is 1. The summed E-state index contributed by atoms with van der Waals surface area (Å²) in [5.74, 6) is 0.859. The van der Waals surface area contributed by atoms with Crippen LogP contribution in [0.1, 0.15) is 27.7 Å². The maximum atomic E-state index is 10.8. The summed E-state index contributed by atoms with van der Waals surface area (Å²) in [4.78, 5) is 10.8. The van der Waals surface area contributed by atoms with Crippen molar-refractivity contribution in [2.75, 3.05) is 0 Å². The largest absolute Gasteiger partial charge is 0.321 e. The predicted octanol–water partition coefficient (Wildman–Crippen LogP) is 1.19. The summed E-state index contributed by atoms with van der Waals surface area (Å²) in [6.45, 7) is 7.71. The molecule has 0 radical (unpaired) electrons. The second-order valence-electron chi connectivity index (χ2n) is 3.24. The van der Waals surface area contributed by atoms with Gasteiger partial charge in [0.05, 0.1) is 6.04 Å². The smallest absolute Gasteiger partial charge is 0.146 e. The fourth-order valence-corrected chi connectivity index (χ4v) is 0.785. The molecule has 2 atom stereocenters. The Morgan fingerprint density at radius 3 is 1.80 bits per heavy atom. The molecule has 0 bridgehead atoms. The van der Waals surface area contributed by atoms with Crippen LogP contribution in [0.4, 0.5) is 0 Å². The van der Waals surface area contributed by atoms with Crippen LogP contribution in [0.25, 0.3) is 0 Å². The summed E-state index contributed by atoms with van der Waals surface area (Å²) in [5, 5.41) is 0. The third-order valence-electron chi connectivity index (χ3n) is 2.09. The van der Waals surface area contributed by atoms with Gasteiger partial charge in [-0.3, -0.25) is 4.79 Å². The van der Waals surface area contributed by atoms with Crippen molar-refractivity contribution in [3.8, 4) is 0 Å². The van der Waals surface area contributed by atoms with Crippen molar-refractivity contribution in [3.63, 3.8) is 0 Å². The molecule has 0 aromatic carbocycles. The van der Waals surface area contributed by atoms with Gasteiger partial charge in [0.25, 0.3) is 0 Å². The number of Topliss-reactive ketones (excluding diaryl/α,β-unsaturated/α-hetero) is 1. The molecule has 2 heteroatoms. The molecule has 0 spiro atoms. The summed E-state index contributed by atoms with van der Waals surface area (Å²) in [5.41, 5.74) is 5.61. The zero-order chi connectivity index (χ0) is 8.31. The maximum Gasteiger partial charge on any atom is 0.146 e. The van der Waals surface area contributed by atoms with Crippen LogP contribution in [0.3, 0.4) is 0 Å². The Bertz CT molecular complexity index is 120. The van der Waals surface area contributed by atoms with Gasteiger partial charge < -0.3 is 5.73 Å². The predicted molar refractivity (Wildman–Crippen MR) is 42.7 cm³/mol. The molecular weight excluding hydrogens is 126 g/mol. The van der Waals surface area contributed by atoms with E-state index in [1.807, 2.05) is 6.92 Å². The van der Waals surface area contributed by atoms with Gasteiger partial charge in [0, 0.05) is 0 Å². The molecule has 0 fully saturated rings. The first-order valence-corrected chi connectivity index (χ1v) is 3.72. The highest BCUT2D eigenvalue weighted by Crippen LogP contribution is 2.12. The molecule has 0 aromatic heterocycles. The summed E-state index contributed by atoms with van der Waals surface area (Å²) < 4.78 is 0. The van der Waals surface area contributed by atoms with Crippen LogP contribution >= 0.6 is 0 Å². The van der Waals surface area contributed by atoms with Crippen molar-refractivity contribution in [2.45, 2.75) is 33.7 Å². The molecule has 0 aliphatic heterocycles. The van der Waals surface area contributed by atoms with E-state index in [0.717, 1.165) is 0 Å². The lowest BCUT2D eigenvalue weighted by Gasteiger charge is -2.20. The second-order valence-corrected chi connectivity index (χ2v) is 3.24. The van der Waals surface area contributed by atoms with E-state index in [0.29, 0.717) is 5.92 Å². The third-order valence-corrected chi connectivity index (χ3v) is 2.09. The molecule has 60 valence electrons. The highest BCUT2D eigenvalue weighted by Gasteiger charge is 2.19. The molecule has 0 unspecified atom stereocenters. The number of carbonyl (C=O) groups excluding carboxylic acids is 1. The van der Waals surface area contributed by atoms with Crippen molar-refractivity contribution in [3.05, 3.63) is 0 Å². The number of nitrogens with two attached hydrogens (primary N) is 1. The quantitative estimate of drug-likeness (QED) is 0.645. The SMILES string of the molecule is CC(=O)[C@H](N)[C@H](C)C(C)C. The molecule has 0 aliphatic rings. The minimum absolute atomic E-state index is 0.0844. The summed E-state index contributed by atoms with van der Waals surface area (Å²) in [7, 11) is 0. The van der Waals surface area contributed by atoms with Crippen molar-refractivity contribution in [1.82, 2.24) is 0 Å². The van der Waals surface area contributed by atoms with Crippen molar-refractivity contribution in [2.24, 2.45) is 17.6 Å². The molecule has 0 rings (SSSR count). The lowest BCUT2D eigenvalue weighted by molar-refractivity contribution is -0.119. The van der Waals surface area contributed by atoms with Crippen LogP contribution in [-0.2, 0) is 4.79 Å². The molecule has 0 saturated carbocycles. The molecule has 2 N–H and O–H groups in total. The van der Waals surface area contributed by atoms with Gasteiger partial charge >= 0.3 is 0 Å². The van der Waals surface area contributed by atoms with E-state index >= 15 is 0 Å². The second kappa shape index (κ2) is 3.71. The van der Waals surface area contributed by atoms with Crippen LogP contribution < -0.4 is 5.73 Å². The first-order valence-electron chi connectivity index (χ1n) is 3.72. The standard InChI is InChI=1S/C8H17NO/c1-5(2)6(3)8(9)7(4)10/h5-6,8H,9H2,1-4H3/t6-,8-/m1/s1. The lowest BCUT2D eigenvalue weighted by Crippen LogP contribution is -2.37. The van der Waals surface area contributed by atoms with Crippen molar-refractivity contribution in [1.29, 1.82) is 0 Å². The Labute approximate surface area is 62.8 Å². The minimum atomic E-state index is -0.278. The van der Waals surface area contributed by atoms with Crippen LogP contribution in [0.5, 0.6) is 0 Å². The van der Waals surface area contributed by atoms with Gasteiger partial charge in [-0.15, -0.1) is 0 Å². The van der Waals surface area contributed by atoms with E-state index < -0.39 is 0 Å². The monoisotopic (exact) mass is 143 g/mol. The molecule has 2 nitrogen and oxygen atoms in total. The third kappa shape index (κ3) is 2.48. The highest BCUT2D eigenvalue weighted by molar-refractivity contribution is 5.81. The number of ketones is 1. The molecule has 0 aromatic rings. The zero-order valence-electron chi connectivity index (χ0n) is 7.22. The highest BCUT2D eigenvalue weighted by atomic mass is 16.1. The first-order chi connectivity index (χ1) is 4.46. The topological polar surface area (TPSA) is 43.1 Å². The summed E-state index contributed by atoms with van der Waals surface area (Å²) >= 11 is 0. The van der Waals surface area contributed by atoms with Gasteiger partial charge in [-0.05, 0) is 18.8 Å². The molecular formula is C8H17NO. The average molecular weight is 143 g/mol. The van der Waals surface area contributed by atoms with Crippen LogP contribution in [-0.4, -0.2) is 11.8 Å². The molecule has 0 amide bonds. The minimum Gasteiger partial charge on any atom is -0.321 e. The van der Waals surface area contributed by atoms with Crippen molar-refractivity contribution < 1.29 is 4.79 Å². The number of hydrogen-bond acceptors (Lipinski definition) is 2. The fourth-order valence-electron chi connectivity index (χ4n) is 0.785. The Morgan fingerprint density at radius 1 is 1.30 bits per heavy atom.